The Morgan fingerprint density at radius 2 is 1.21 bits per heavy atom. The Balaban J connectivity index is 2.07. The van der Waals surface area contributed by atoms with Crippen LogP contribution in [0.3, 0.4) is 0 Å². The molecule has 0 spiro atoms. The van der Waals surface area contributed by atoms with Gasteiger partial charge in [0.2, 0.25) is 0 Å². The van der Waals surface area contributed by atoms with Crippen LogP contribution in [0.5, 0.6) is 0 Å². The molecule has 0 fully saturated rings. The molecule has 2 nitrogen and oxygen atoms in total. The molecular formula is C17H14O2. The Labute approximate surface area is 112 Å². The van der Waals surface area contributed by atoms with E-state index in [0.717, 1.165) is 22.8 Å². The molecule has 1 N–H and O–H groups in total. The summed E-state index contributed by atoms with van der Waals surface area (Å²) in [4.78, 5) is 10.4. The Morgan fingerprint density at radius 1 is 0.737 bits per heavy atom. The van der Waals surface area contributed by atoms with Crippen molar-refractivity contribution in [2.75, 3.05) is 0 Å². The molecule has 0 aliphatic carbocycles. The Bertz CT molecular complexity index is 593. The summed E-state index contributed by atoms with van der Waals surface area (Å²) in [6.45, 7) is 0. The van der Waals surface area contributed by atoms with Crippen LogP contribution in [0.1, 0.15) is 16.7 Å². The standard InChI is InChI=1S/C17H14O2/c18-17(19)13-12-16-10-8-15(9-11-16)7-6-14-4-2-1-3-5-14/h1-13H,(H,18,19)/b7-6+,13-12+. The molecule has 0 saturated carbocycles. The van der Waals surface area contributed by atoms with E-state index < -0.39 is 5.97 Å². The number of benzene rings is 2. The average molecular weight is 250 g/mol. The van der Waals surface area contributed by atoms with Gasteiger partial charge in [0.25, 0.3) is 0 Å². The van der Waals surface area contributed by atoms with Crippen LogP contribution in [0.15, 0.2) is 60.7 Å². The number of carboxylic acids is 1. The Kier molecular flexibility index (Phi) is 4.29. The summed E-state index contributed by atoms with van der Waals surface area (Å²) in [5.41, 5.74) is 3.10. The van der Waals surface area contributed by atoms with Gasteiger partial charge in [0, 0.05) is 6.08 Å². The molecular weight excluding hydrogens is 236 g/mol. The molecule has 2 aromatic carbocycles. The first-order valence-electron chi connectivity index (χ1n) is 5.98. The summed E-state index contributed by atoms with van der Waals surface area (Å²) < 4.78 is 0. The van der Waals surface area contributed by atoms with Crippen LogP contribution in [0.25, 0.3) is 18.2 Å². The van der Waals surface area contributed by atoms with E-state index in [9.17, 15) is 4.79 Å². The lowest BCUT2D eigenvalue weighted by Crippen LogP contribution is -1.85. The second-order valence-corrected chi connectivity index (χ2v) is 4.08. The molecule has 2 aromatic rings. The monoisotopic (exact) mass is 250 g/mol. The first kappa shape index (κ1) is 12.8. The van der Waals surface area contributed by atoms with Gasteiger partial charge < -0.3 is 5.11 Å². The highest BCUT2D eigenvalue weighted by Crippen LogP contribution is 2.10. The molecule has 0 aliphatic heterocycles. The van der Waals surface area contributed by atoms with Crippen molar-refractivity contribution in [3.05, 3.63) is 77.4 Å². The maximum absolute atomic E-state index is 10.4. The zero-order valence-corrected chi connectivity index (χ0v) is 10.4. The predicted octanol–water partition coefficient (Wildman–Crippen LogP) is 3.95. The van der Waals surface area contributed by atoms with Crippen LogP contribution in [-0.4, -0.2) is 11.1 Å². The molecule has 0 heterocycles. The van der Waals surface area contributed by atoms with Gasteiger partial charge in [-0.1, -0.05) is 66.7 Å². The smallest absolute Gasteiger partial charge is 0.328 e. The average Bonchev–Trinajstić information content (AvgIpc) is 2.45. The van der Waals surface area contributed by atoms with E-state index in [2.05, 4.69) is 0 Å². The van der Waals surface area contributed by atoms with Gasteiger partial charge in [0.15, 0.2) is 0 Å². The van der Waals surface area contributed by atoms with Crippen molar-refractivity contribution >= 4 is 24.2 Å². The lowest BCUT2D eigenvalue weighted by molar-refractivity contribution is -0.131. The van der Waals surface area contributed by atoms with E-state index >= 15 is 0 Å². The van der Waals surface area contributed by atoms with Crippen LogP contribution >= 0.6 is 0 Å². The van der Waals surface area contributed by atoms with E-state index in [-0.39, 0.29) is 0 Å². The molecule has 0 aliphatic rings. The Morgan fingerprint density at radius 3 is 1.74 bits per heavy atom. The molecule has 94 valence electrons. The van der Waals surface area contributed by atoms with Crippen molar-refractivity contribution in [1.82, 2.24) is 0 Å². The molecule has 2 heteroatoms. The van der Waals surface area contributed by atoms with Gasteiger partial charge in [0.05, 0.1) is 0 Å². The fourth-order valence-electron chi connectivity index (χ4n) is 1.64. The number of rotatable bonds is 4. The van der Waals surface area contributed by atoms with Gasteiger partial charge in [-0.3, -0.25) is 0 Å². The van der Waals surface area contributed by atoms with E-state index in [4.69, 9.17) is 5.11 Å². The SMILES string of the molecule is O=C(O)/C=C/c1ccc(/C=C/c2ccccc2)cc1. The molecule has 2 rings (SSSR count). The van der Waals surface area contributed by atoms with Gasteiger partial charge in [-0.05, 0) is 22.8 Å². The highest BCUT2D eigenvalue weighted by Gasteiger charge is 1.91. The molecule has 0 atom stereocenters. The number of carboxylic acid groups (broad SMARTS) is 1. The highest BCUT2D eigenvalue weighted by atomic mass is 16.4. The lowest BCUT2D eigenvalue weighted by Gasteiger charge is -1.96. The van der Waals surface area contributed by atoms with Crippen LogP contribution in [-0.2, 0) is 4.79 Å². The zero-order valence-electron chi connectivity index (χ0n) is 10.4. The van der Waals surface area contributed by atoms with Gasteiger partial charge in [-0.2, -0.15) is 0 Å². The summed E-state index contributed by atoms with van der Waals surface area (Å²) in [5.74, 6) is -0.937. The fourth-order valence-corrected chi connectivity index (χ4v) is 1.64. The molecule has 0 radical (unpaired) electrons. The maximum Gasteiger partial charge on any atom is 0.328 e. The van der Waals surface area contributed by atoms with Crippen LogP contribution in [0.2, 0.25) is 0 Å². The Hall–Kier alpha value is -2.61. The minimum absolute atomic E-state index is 0.874. The van der Waals surface area contributed by atoms with Crippen molar-refractivity contribution in [2.45, 2.75) is 0 Å². The lowest BCUT2D eigenvalue weighted by atomic mass is 10.1. The summed E-state index contributed by atoms with van der Waals surface area (Å²) in [6, 6.07) is 17.8. The molecule has 0 unspecified atom stereocenters. The molecule has 0 amide bonds. The number of carbonyl (C=O) groups is 1. The fraction of sp³-hybridized carbons (Fsp3) is 0. The third kappa shape index (κ3) is 4.28. The third-order valence-electron chi connectivity index (χ3n) is 2.62. The predicted molar refractivity (Wildman–Crippen MR) is 78.5 cm³/mol. The van der Waals surface area contributed by atoms with Crippen molar-refractivity contribution in [2.24, 2.45) is 0 Å². The third-order valence-corrected chi connectivity index (χ3v) is 2.62. The van der Waals surface area contributed by atoms with Crippen molar-refractivity contribution in [3.63, 3.8) is 0 Å². The molecule has 0 bridgehead atoms. The highest BCUT2D eigenvalue weighted by molar-refractivity contribution is 5.85. The minimum Gasteiger partial charge on any atom is -0.478 e. The first-order chi connectivity index (χ1) is 9.24. The molecule has 0 aromatic heterocycles. The van der Waals surface area contributed by atoms with Crippen molar-refractivity contribution in [3.8, 4) is 0 Å². The second-order valence-electron chi connectivity index (χ2n) is 4.08. The number of hydrogen-bond donors (Lipinski definition) is 1. The van der Waals surface area contributed by atoms with Gasteiger partial charge in [0.1, 0.15) is 0 Å². The van der Waals surface area contributed by atoms with Crippen molar-refractivity contribution in [1.29, 1.82) is 0 Å². The molecule has 0 saturated heterocycles. The van der Waals surface area contributed by atoms with Gasteiger partial charge in [-0.15, -0.1) is 0 Å². The van der Waals surface area contributed by atoms with E-state index in [0.29, 0.717) is 0 Å². The largest absolute Gasteiger partial charge is 0.478 e. The van der Waals surface area contributed by atoms with E-state index in [1.165, 1.54) is 0 Å². The van der Waals surface area contributed by atoms with E-state index in [1.807, 2.05) is 66.7 Å². The van der Waals surface area contributed by atoms with Gasteiger partial charge >= 0.3 is 5.97 Å². The second kappa shape index (κ2) is 6.36. The minimum atomic E-state index is -0.937. The molecule has 19 heavy (non-hydrogen) atoms. The van der Waals surface area contributed by atoms with Crippen LogP contribution in [0, 0.1) is 0 Å². The quantitative estimate of drug-likeness (QED) is 0.659. The van der Waals surface area contributed by atoms with E-state index in [1.54, 1.807) is 6.08 Å². The summed E-state index contributed by atoms with van der Waals surface area (Å²) in [6.07, 6.45) is 6.78. The summed E-state index contributed by atoms with van der Waals surface area (Å²) >= 11 is 0. The normalized spacial score (nSPS) is 11.2. The maximum atomic E-state index is 10.4. The van der Waals surface area contributed by atoms with Crippen LogP contribution in [0.4, 0.5) is 0 Å². The summed E-state index contributed by atoms with van der Waals surface area (Å²) in [5, 5.41) is 8.54. The zero-order chi connectivity index (χ0) is 13.5. The topological polar surface area (TPSA) is 37.3 Å². The van der Waals surface area contributed by atoms with Gasteiger partial charge in [-0.25, -0.2) is 4.79 Å². The first-order valence-corrected chi connectivity index (χ1v) is 5.98. The number of hydrogen-bond acceptors (Lipinski definition) is 1. The van der Waals surface area contributed by atoms with Crippen LogP contribution < -0.4 is 0 Å². The van der Waals surface area contributed by atoms with Crippen molar-refractivity contribution < 1.29 is 9.90 Å². The number of aliphatic carboxylic acids is 1. The summed E-state index contributed by atoms with van der Waals surface area (Å²) in [7, 11) is 0.